The lowest BCUT2D eigenvalue weighted by molar-refractivity contribution is -0.121. The van der Waals surface area contributed by atoms with Gasteiger partial charge in [0.15, 0.2) is 11.0 Å². The van der Waals surface area contributed by atoms with E-state index in [9.17, 15) is 9.59 Å². The topological polar surface area (TPSA) is 123 Å². The molecule has 30 heavy (non-hydrogen) atoms. The van der Waals surface area contributed by atoms with E-state index in [1.54, 1.807) is 18.4 Å². The molecule has 9 nitrogen and oxygen atoms in total. The molecule has 2 N–H and O–H groups in total. The van der Waals surface area contributed by atoms with Gasteiger partial charge in [-0.3, -0.25) is 14.9 Å². The first-order valence-electron chi connectivity index (χ1n) is 9.83. The van der Waals surface area contributed by atoms with E-state index in [4.69, 9.17) is 8.94 Å². The van der Waals surface area contributed by atoms with Gasteiger partial charge in [-0.1, -0.05) is 19.0 Å². The van der Waals surface area contributed by atoms with E-state index < -0.39 is 0 Å². The second-order valence-corrected chi connectivity index (χ2v) is 8.58. The molecule has 3 heterocycles. The predicted molar refractivity (Wildman–Crippen MR) is 109 cm³/mol. The van der Waals surface area contributed by atoms with Crippen LogP contribution in [0.3, 0.4) is 0 Å². The van der Waals surface area contributed by atoms with Gasteiger partial charge in [-0.2, -0.15) is 4.98 Å². The lowest BCUT2D eigenvalue weighted by Crippen LogP contribution is -2.33. The van der Waals surface area contributed by atoms with Crippen LogP contribution in [0.2, 0.25) is 0 Å². The number of rotatable bonds is 8. The smallest absolute Gasteiger partial charge is 0.260 e. The molecular weight excluding hydrogens is 406 g/mol. The average molecular weight is 430 g/mol. The van der Waals surface area contributed by atoms with E-state index in [1.165, 1.54) is 17.6 Å². The third kappa shape index (κ3) is 4.59. The molecule has 1 atom stereocenters. The first-order valence-corrected chi connectivity index (χ1v) is 10.7. The van der Waals surface area contributed by atoms with Gasteiger partial charge >= 0.3 is 0 Å². The van der Waals surface area contributed by atoms with Gasteiger partial charge in [-0.15, -0.1) is 11.3 Å². The molecule has 0 radical (unpaired) electrons. The fourth-order valence-electron chi connectivity index (χ4n) is 3.01. The molecular formula is C20H23N5O4S. The zero-order valence-electron chi connectivity index (χ0n) is 17.0. The van der Waals surface area contributed by atoms with Crippen LogP contribution in [0, 0.1) is 12.8 Å². The minimum Gasteiger partial charge on any atom is -0.469 e. The summed E-state index contributed by atoms with van der Waals surface area (Å²) in [5, 5.41) is 11.9. The maximum atomic E-state index is 12.6. The number of amides is 2. The van der Waals surface area contributed by atoms with E-state index in [0.717, 1.165) is 18.7 Å². The summed E-state index contributed by atoms with van der Waals surface area (Å²) in [5.74, 6) is 1.67. The lowest BCUT2D eigenvalue weighted by atomic mass is 10.0. The van der Waals surface area contributed by atoms with Gasteiger partial charge in [0.2, 0.25) is 11.8 Å². The van der Waals surface area contributed by atoms with Crippen molar-refractivity contribution >= 4 is 28.3 Å². The van der Waals surface area contributed by atoms with Crippen LogP contribution in [0.5, 0.6) is 0 Å². The number of hydrogen-bond donors (Lipinski definition) is 2. The number of aromatic nitrogens is 3. The molecule has 1 fully saturated rings. The quantitative estimate of drug-likeness (QED) is 0.560. The highest BCUT2D eigenvalue weighted by Crippen LogP contribution is 2.38. The molecule has 3 aromatic heterocycles. The fourth-order valence-corrected chi connectivity index (χ4v) is 3.72. The van der Waals surface area contributed by atoms with Crippen LogP contribution in [0.4, 0.5) is 5.13 Å². The highest BCUT2D eigenvalue weighted by Gasteiger charge is 2.31. The van der Waals surface area contributed by atoms with Crippen molar-refractivity contribution in [3.63, 3.8) is 0 Å². The number of nitrogens with one attached hydrogen (secondary N) is 2. The van der Waals surface area contributed by atoms with Crippen molar-refractivity contribution < 1.29 is 18.5 Å². The molecule has 4 rings (SSSR count). The number of hydrogen-bond acceptors (Lipinski definition) is 8. The van der Waals surface area contributed by atoms with Crippen LogP contribution in [-0.2, 0) is 11.2 Å². The first-order chi connectivity index (χ1) is 14.4. The average Bonchev–Trinajstić information content (AvgIpc) is 3.07. The SMILES string of the molecule is Cc1occc1C(=O)Nc1nc(CC(=O)NC(c2nc(C3CC3)no2)C(C)C)cs1. The van der Waals surface area contributed by atoms with Crippen molar-refractivity contribution in [1.29, 1.82) is 0 Å². The standard InChI is InChI=1S/C20H23N5O4S/c1-10(2)16(19-23-17(25-29-19)12-4-5-12)22-15(26)8-13-9-30-20(21-13)24-18(27)14-6-7-28-11(14)3/h6-7,9-10,12,16H,4-5,8H2,1-3H3,(H,22,26)(H,21,24,27). The Balaban J connectivity index is 1.36. The number of carbonyl (C=O) groups excluding carboxylic acids is 2. The van der Waals surface area contributed by atoms with Crippen LogP contribution in [-0.4, -0.2) is 26.9 Å². The Morgan fingerprint density at radius 1 is 1.30 bits per heavy atom. The number of aryl methyl sites for hydroxylation is 1. The molecule has 158 valence electrons. The van der Waals surface area contributed by atoms with E-state index in [1.807, 2.05) is 13.8 Å². The molecule has 10 heteroatoms. The highest BCUT2D eigenvalue weighted by atomic mass is 32.1. The Morgan fingerprint density at radius 3 is 2.77 bits per heavy atom. The zero-order chi connectivity index (χ0) is 21.3. The number of anilines is 1. The fraction of sp³-hybridized carbons (Fsp3) is 0.450. The van der Waals surface area contributed by atoms with Gasteiger partial charge in [-0.25, -0.2) is 4.98 Å². The van der Waals surface area contributed by atoms with E-state index in [2.05, 4.69) is 25.8 Å². The Kier molecular flexibility index (Phi) is 5.67. The van der Waals surface area contributed by atoms with Gasteiger partial charge in [0.1, 0.15) is 11.8 Å². The zero-order valence-corrected chi connectivity index (χ0v) is 17.8. The van der Waals surface area contributed by atoms with Crippen molar-refractivity contribution in [2.24, 2.45) is 5.92 Å². The van der Waals surface area contributed by atoms with Crippen molar-refractivity contribution in [3.8, 4) is 0 Å². The monoisotopic (exact) mass is 429 g/mol. The van der Waals surface area contributed by atoms with E-state index in [-0.39, 0.29) is 30.2 Å². The number of furan rings is 1. The van der Waals surface area contributed by atoms with Gasteiger partial charge in [0, 0.05) is 11.3 Å². The second-order valence-electron chi connectivity index (χ2n) is 7.72. The summed E-state index contributed by atoms with van der Waals surface area (Å²) in [6.45, 7) is 5.69. The summed E-state index contributed by atoms with van der Waals surface area (Å²) in [4.78, 5) is 33.6. The maximum absolute atomic E-state index is 12.6. The van der Waals surface area contributed by atoms with E-state index >= 15 is 0 Å². The molecule has 1 aliphatic carbocycles. The molecule has 3 aromatic rings. The predicted octanol–water partition coefficient (Wildman–Crippen LogP) is 3.61. The number of thiazole rings is 1. The third-order valence-corrected chi connectivity index (χ3v) is 5.67. The van der Waals surface area contributed by atoms with Crippen LogP contribution in [0.15, 0.2) is 26.6 Å². The summed E-state index contributed by atoms with van der Waals surface area (Å²) in [7, 11) is 0. The summed E-state index contributed by atoms with van der Waals surface area (Å²) in [6.07, 6.45) is 3.72. The van der Waals surface area contributed by atoms with Gasteiger partial charge < -0.3 is 14.3 Å². The van der Waals surface area contributed by atoms with Crippen molar-refractivity contribution in [2.45, 2.75) is 52.0 Å². The summed E-state index contributed by atoms with van der Waals surface area (Å²) in [5.41, 5.74) is 1.03. The molecule has 0 bridgehead atoms. The Bertz CT molecular complexity index is 1050. The molecule has 1 saturated carbocycles. The summed E-state index contributed by atoms with van der Waals surface area (Å²) >= 11 is 1.26. The number of carbonyl (C=O) groups is 2. The molecule has 1 unspecified atom stereocenters. The van der Waals surface area contributed by atoms with Gasteiger partial charge in [0.05, 0.1) is 23.9 Å². The Hall–Kier alpha value is -3.01. The van der Waals surface area contributed by atoms with E-state index in [0.29, 0.717) is 34.0 Å². The molecule has 2 amide bonds. The van der Waals surface area contributed by atoms with Crippen molar-refractivity contribution in [2.75, 3.05) is 5.32 Å². The van der Waals surface area contributed by atoms with Crippen molar-refractivity contribution in [3.05, 3.63) is 46.4 Å². The summed E-state index contributed by atoms with van der Waals surface area (Å²) in [6, 6.07) is 1.24. The molecule has 0 aromatic carbocycles. The maximum Gasteiger partial charge on any atom is 0.260 e. The summed E-state index contributed by atoms with van der Waals surface area (Å²) < 4.78 is 10.5. The van der Waals surface area contributed by atoms with Crippen LogP contribution in [0.25, 0.3) is 0 Å². The van der Waals surface area contributed by atoms with Crippen molar-refractivity contribution in [1.82, 2.24) is 20.4 Å². The van der Waals surface area contributed by atoms with Gasteiger partial charge in [-0.05, 0) is 31.7 Å². The third-order valence-electron chi connectivity index (χ3n) is 4.87. The molecule has 0 spiro atoms. The normalized spacial score (nSPS) is 14.7. The minimum absolute atomic E-state index is 0.0872. The van der Waals surface area contributed by atoms with Crippen LogP contribution >= 0.6 is 11.3 Å². The Labute approximate surface area is 177 Å². The lowest BCUT2D eigenvalue weighted by Gasteiger charge is -2.18. The molecule has 1 aliphatic rings. The largest absolute Gasteiger partial charge is 0.469 e. The van der Waals surface area contributed by atoms with Crippen LogP contribution < -0.4 is 10.6 Å². The Morgan fingerprint density at radius 2 is 2.10 bits per heavy atom. The van der Waals surface area contributed by atoms with Crippen LogP contribution in [0.1, 0.15) is 72.2 Å². The highest BCUT2D eigenvalue weighted by molar-refractivity contribution is 7.14. The second kappa shape index (κ2) is 8.39. The molecule has 0 aliphatic heterocycles. The molecule has 0 saturated heterocycles. The minimum atomic E-state index is -0.362. The number of nitrogens with zero attached hydrogens (tertiary/aromatic N) is 3. The van der Waals surface area contributed by atoms with Gasteiger partial charge in [0.25, 0.3) is 5.91 Å². The first kappa shape index (κ1) is 20.3.